The molecule has 0 fully saturated rings. The molecule has 0 radical (unpaired) electrons. The number of hydrogen-bond donors (Lipinski definition) is 2. The molecule has 0 aliphatic heterocycles. The van der Waals surface area contributed by atoms with Crippen molar-refractivity contribution in [2.45, 2.75) is 39.2 Å². The number of aromatic nitrogens is 2. The van der Waals surface area contributed by atoms with Crippen LogP contribution in [0.3, 0.4) is 0 Å². The van der Waals surface area contributed by atoms with E-state index >= 15 is 0 Å². The summed E-state index contributed by atoms with van der Waals surface area (Å²) in [6.45, 7) is 2.95. The van der Waals surface area contributed by atoms with E-state index in [1.807, 2.05) is 18.2 Å². The Balaban J connectivity index is 2.18. The van der Waals surface area contributed by atoms with Crippen molar-refractivity contribution in [1.29, 1.82) is 0 Å². The third-order valence-corrected chi connectivity index (χ3v) is 3.22. The highest BCUT2D eigenvalue weighted by atomic mass is 16.1. The minimum atomic E-state index is -0.237. The smallest absolute Gasteiger partial charge is 0.217 e. The monoisotopic (exact) mass is 260 g/mol. The van der Waals surface area contributed by atoms with E-state index < -0.39 is 0 Å². The van der Waals surface area contributed by atoms with Crippen molar-refractivity contribution in [2.24, 2.45) is 5.73 Å². The zero-order chi connectivity index (χ0) is 13.8. The Morgan fingerprint density at radius 2 is 2.16 bits per heavy atom. The van der Waals surface area contributed by atoms with Crippen molar-refractivity contribution in [1.82, 2.24) is 9.55 Å². The number of nitrogens with zero attached hydrogens (tertiary/aromatic N) is 2. The van der Waals surface area contributed by atoms with Gasteiger partial charge in [-0.3, -0.25) is 4.79 Å². The van der Waals surface area contributed by atoms with Crippen molar-refractivity contribution in [3.05, 3.63) is 24.0 Å². The number of imidazole rings is 1. The molecule has 0 unspecified atom stereocenters. The van der Waals surface area contributed by atoms with Gasteiger partial charge in [0.2, 0.25) is 5.91 Å². The van der Waals surface area contributed by atoms with Gasteiger partial charge in [0.05, 0.1) is 11.0 Å². The number of rotatable bonds is 6. The van der Waals surface area contributed by atoms with Crippen LogP contribution < -0.4 is 11.5 Å². The number of hydrogen-bond acceptors (Lipinski definition) is 3. The first-order valence-electron chi connectivity index (χ1n) is 6.64. The summed E-state index contributed by atoms with van der Waals surface area (Å²) in [7, 11) is 0. The summed E-state index contributed by atoms with van der Waals surface area (Å²) < 4.78 is 2.20. The number of primary amides is 1. The summed E-state index contributed by atoms with van der Waals surface area (Å²) in [6, 6.07) is 5.79. The van der Waals surface area contributed by atoms with Gasteiger partial charge in [0.15, 0.2) is 0 Å². The molecule has 1 aromatic carbocycles. The van der Waals surface area contributed by atoms with Gasteiger partial charge in [0, 0.05) is 25.1 Å². The number of unbranched alkanes of at least 4 members (excludes halogenated alkanes) is 1. The Morgan fingerprint density at radius 1 is 1.37 bits per heavy atom. The highest BCUT2D eigenvalue weighted by molar-refractivity contribution is 5.79. The first kappa shape index (κ1) is 13.4. The Hall–Kier alpha value is -2.04. The first-order chi connectivity index (χ1) is 9.11. The molecule has 4 N–H and O–H groups in total. The quantitative estimate of drug-likeness (QED) is 0.613. The van der Waals surface area contributed by atoms with Crippen LogP contribution in [0.5, 0.6) is 0 Å². The van der Waals surface area contributed by atoms with Gasteiger partial charge in [-0.2, -0.15) is 0 Å². The van der Waals surface area contributed by atoms with Crippen LogP contribution in [0.15, 0.2) is 18.2 Å². The Kier molecular flexibility index (Phi) is 4.04. The lowest BCUT2D eigenvalue weighted by Crippen LogP contribution is -2.10. The fourth-order valence-electron chi connectivity index (χ4n) is 2.29. The molecule has 1 aromatic heterocycles. The second kappa shape index (κ2) is 5.73. The van der Waals surface area contributed by atoms with Crippen molar-refractivity contribution < 1.29 is 4.79 Å². The number of fused-ring (bicyclic) bond motifs is 1. The van der Waals surface area contributed by atoms with Crippen molar-refractivity contribution in [2.75, 3.05) is 5.73 Å². The van der Waals surface area contributed by atoms with Gasteiger partial charge in [-0.25, -0.2) is 4.98 Å². The maximum atomic E-state index is 10.7. The van der Waals surface area contributed by atoms with Crippen molar-refractivity contribution in [3.8, 4) is 0 Å². The fourth-order valence-corrected chi connectivity index (χ4v) is 2.29. The highest BCUT2D eigenvalue weighted by Gasteiger charge is 2.09. The topological polar surface area (TPSA) is 86.9 Å². The van der Waals surface area contributed by atoms with Crippen LogP contribution in [0.1, 0.15) is 32.0 Å². The molecule has 0 bridgehead atoms. The summed E-state index contributed by atoms with van der Waals surface area (Å²) in [6.07, 6.45) is 3.06. The normalized spacial score (nSPS) is 11.0. The molecule has 0 spiro atoms. The van der Waals surface area contributed by atoms with Gasteiger partial charge in [-0.1, -0.05) is 6.92 Å². The highest BCUT2D eigenvalue weighted by Crippen LogP contribution is 2.20. The molecule has 102 valence electrons. The van der Waals surface area contributed by atoms with Gasteiger partial charge in [0.25, 0.3) is 0 Å². The number of carbonyl (C=O) groups is 1. The second-order valence-corrected chi connectivity index (χ2v) is 4.70. The molecule has 2 aromatic rings. The maximum absolute atomic E-state index is 10.7. The average Bonchev–Trinajstić information content (AvgIpc) is 2.71. The molecule has 0 aliphatic carbocycles. The summed E-state index contributed by atoms with van der Waals surface area (Å²) in [4.78, 5) is 15.3. The van der Waals surface area contributed by atoms with Gasteiger partial charge >= 0.3 is 0 Å². The zero-order valence-electron chi connectivity index (χ0n) is 11.2. The van der Waals surface area contributed by atoms with Gasteiger partial charge in [-0.15, -0.1) is 0 Å². The van der Waals surface area contributed by atoms with Gasteiger partial charge in [0.1, 0.15) is 5.82 Å². The zero-order valence-corrected chi connectivity index (χ0v) is 11.2. The van der Waals surface area contributed by atoms with Crippen molar-refractivity contribution >= 4 is 22.6 Å². The van der Waals surface area contributed by atoms with Crippen LogP contribution >= 0.6 is 0 Å². The van der Waals surface area contributed by atoms with E-state index in [-0.39, 0.29) is 5.91 Å². The lowest BCUT2D eigenvalue weighted by Gasteiger charge is -2.07. The molecule has 0 saturated heterocycles. The lowest BCUT2D eigenvalue weighted by molar-refractivity contribution is -0.118. The SMILES string of the molecule is CCc1nc2cc(N)ccc2n1CCCCC(N)=O. The van der Waals surface area contributed by atoms with Crippen LogP contribution in [0.25, 0.3) is 11.0 Å². The summed E-state index contributed by atoms with van der Waals surface area (Å²) >= 11 is 0. The lowest BCUT2D eigenvalue weighted by atomic mass is 10.2. The maximum Gasteiger partial charge on any atom is 0.217 e. The summed E-state index contributed by atoms with van der Waals surface area (Å²) in [5.41, 5.74) is 13.7. The van der Waals surface area contributed by atoms with Crippen LogP contribution in [-0.4, -0.2) is 15.5 Å². The molecule has 0 saturated carbocycles. The molecule has 1 heterocycles. The van der Waals surface area contributed by atoms with E-state index in [2.05, 4.69) is 16.5 Å². The Morgan fingerprint density at radius 3 is 2.84 bits per heavy atom. The molecule has 5 heteroatoms. The van der Waals surface area contributed by atoms with E-state index in [0.717, 1.165) is 48.4 Å². The molecule has 5 nitrogen and oxygen atoms in total. The van der Waals surface area contributed by atoms with Crippen LogP contribution in [-0.2, 0) is 17.8 Å². The largest absolute Gasteiger partial charge is 0.399 e. The van der Waals surface area contributed by atoms with E-state index in [9.17, 15) is 4.79 Å². The second-order valence-electron chi connectivity index (χ2n) is 4.70. The molecule has 1 amide bonds. The predicted octanol–water partition coefficient (Wildman–Crippen LogP) is 1.84. The number of nitrogens with two attached hydrogens (primary N) is 2. The molecule has 0 aliphatic rings. The molecular weight excluding hydrogens is 240 g/mol. The number of amides is 1. The summed E-state index contributed by atoms with van der Waals surface area (Å²) in [5, 5.41) is 0. The third-order valence-electron chi connectivity index (χ3n) is 3.22. The number of aryl methyl sites for hydroxylation is 2. The van der Waals surface area contributed by atoms with E-state index in [4.69, 9.17) is 11.5 Å². The number of carbonyl (C=O) groups excluding carboxylic acids is 1. The standard InChI is InChI=1S/C14H20N4O/c1-2-14-17-11-9-10(15)6-7-12(11)18(14)8-4-3-5-13(16)19/h6-7,9H,2-5,8,15H2,1H3,(H2,16,19). The fraction of sp³-hybridized carbons (Fsp3) is 0.429. The number of anilines is 1. The van der Waals surface area contributed by atoms with Gasteiger partial charge < -0.3 is 16.0 Å². The Bertz CT molecular complexity index is 588. The summed E-state index contributed by atoms with van der Waals surface area (Å²) in [5.74, 6) is 0.818. The average molecular weight is 260 g/mol. The molecular formula is C14H20N4O. The first-order valence-corrected chi connectivity index (χ1v) is 6.64. The number of nitrogen functional groups attached to an aromatic ring is 1. The van der Waals surface area contributed by atoms with E-state index in [0.29, 0.717) is 6.42 Å². The van der Waals surface area contributed by atoms with Crippen LogP contribution in [0.4, 0.5) is 5.69 Å². The van der Waals surface area contributed by atoms with E-state index in [1.54, 1.807) is 0 Å². The minimum Gasteiger partial charge on any atom is -0.399 e. The van der Waals surface area contributed by atoms with Gasteiger partial charge in [-0.05, 0) is 31.0 Å². The Labute approximate surface area is 112 Å². The number of benzene rings is 1. The van der Waals surface area contributed by atoms with Crippen LogP contribution in [0, 0.1) is 0 Å². The third kappa shape index (κ3) is 3.05. The molecule has 2 rings (SSSR count). The molecule has 19 heavy (non-hydrogen) atoms. The minimum absolute atomic E-state index is 0.237. The van der Waals surface area contributed by atoms with Crippen LogP contribution in [0.2, 0.25) is 0 Å². The van der Waals surface area contributed by atoms with Crippen molar-refractivity contribution in [3.63, 3.8) is 0 Å². The van der Waals surface area contributed by atoms with E-state index in [1.165, 1.54) is 0 Å². The predicted molar refractivity (Wildman–Crippen MR) is 76.6 cm³/mol. The molecule has 0 atom stereocenters.